The Kier molecular flexibility index (Phi) is 6.62. The number of pyridine rings is 1. The molecule has 4 aromatic rings. The van der Waals surface area contributed by atoms with Crippen molar-refractivity contribution < 1.29 is 13.5 Å². The molecule has 2 aliphatic heterocycles. The molecule has 8 nitrogen and oxygen atoms in total. The molecule has 0 spiro atoms. The minimum absolute atomic E-state index is 0.0619. The summed E-state index contributed by atoms with van der Waals surface area (Å²) in [5.74, 6) is -0.733. The van der Waals surface area contributed by atoms with Gasteiger partial charge < -0.3 is 19.4 Å². The van der Waals surface area contributed by atoms with E-state index < -0.39 is 11.6 Å². The number of fused-ring (bicyclic) bond motifs is 1. The first-order chi connectivity index (χ1) is 19.0. The van der Waals surface area contributed by atoms with Crippen LogP contribution >= 0.6 is 0 Å². The second kappa shape index (κ2) is 10.2. The van der Waals surface area contributed by atoms with Gasteiger partial charge in [0.15, 0.2) is 5.65 Å². The molecule has 0 aliphatic carbocycles. The van der Waals surface area contributed by atoms with Gasteiger partial charge in [-0.3, -0.25) is 4.57 Å². The third kappa shape index (κ3) is 4.58. The Labute approximate surface area is 225 Å². The van der Waals surface area contributed by atoms with Crippen LogP contribution in [-0.2, 0) is 4.74 Å². The molecule has 1 unspecified atom stereocenters. The standard InChI is InChI=1S/C29H29F2N7O/c1-35-11-13-36(14-12-35)26-7-9-33-29-27(26)34-28(19-3-4-20(17-32)23(30)15-19)38(29)25-6-5-21(16-24(25)31)37-10-8-22(18-37)39-2/h3-7,9,15-16,22H,8,10-14,18H2,1-2H3. The summed E-state index contributed by atoms with van der Waals surface area (Å²) in [4.78, 5) is 16.2. The molecule has 200 valence electrons. The first-order valence-electron chi connectivity index (χ1n) is 13.1. The van der Waals surface area contributed by atoms with E-state index in [1.54, 1.807) is 30.0 Å². The predicted molar refractivity (Wildman–Crippen MR) is 146 cm³/mol. The van der Waals surface area contributed by atoms with Crippen molar-refractivity contribution in [2.24, 2.45) is 0 Å². The van der Waals surface area contributed by atoms with Crippen LogP contribution in [0.4, 0.5) is 20.2 Å². The van der Waals surface area contributed by atoms with Crippen LogP contribution in [0, 0.1) is 23.0 Å². The van der Waals surface area contributed by atoms with Gasteiger partial charge in [-0.1, -0.05) is 0 Å². The number of imidazole rings is 1. The van der Waals surface area contributed by atoms with Crippen molar-refractivity contribution >= 4 is 22.5 Å². The molecule has 4 heterocycles. The fraction of sp³-hybridized carbons (Fsp3) is 0.345. The van der Waals surface area contributed by atoms with Gasteiger partial charge in [0.05, 0.1) is 23.0 Å². The number of halogens is 2. The van der Waals surface area contributed by atoms with Crippen LogP contribution in [0.3, 0.4) is 0 Å². The number of hydrogen-bond acceptors (Lipinski definition) is 7. The van der Waals surface area contributed by atoms with Gasteiger partial charge in [-0.05, 0) is 55.9 Å². The molecule has 1 atom stereocenters. The van der Waals surface area contributed by atoms with Gasteiger partial charge >= 0.3 is 0 Å². The zero-order chi connectivity index (χ0) is 27.1. The number of hydrogen-bond donors (Lipinski definition) is 0. The van der Waals surface area contributed by atoms with Crippen molar-refractivity contribution in [3.8, 4) is 23.1 Å². The monoisotopic (exact) mass is 529 g/mol. The van der Waals surface area contributed by atoms with Gasteiger partial charge in [0, 0.05) is 63.8 Å². The lowest BCUT2D eigenvalue weighted by molar-refractivity contribution is 0.121. The number of nitrogens with zero attached hydrogens (tertiary/aromatic N) is 7. The van der Waals surface area contributed by atoms with E-state index >= 15 is 4.39 Å². The van der Waals surface area contributed by atoms with E-state index in [1.165, 1.54) is 18.2 Å². The van der Waals surface area contributed by atoms with E-state index in [-0.39, 0.29) is 17.4 Å². The highest BCUT2D eigenvalue weighted by Crippen LogP contribution is 2.35. The lowest BCUT2D eigenvalue weighted by atomic mass is 10.1. The van der Waals surface area contributed by atoms with Gasteiger partial charge in [0.1, 0.15) is 29.0 Å². The summed E-state index contributed by atoms with van der Waals surface area (Å²) in [7, 11) is 3.79. The molecule has 0 radical (unpaired) electrons. The summed E-state index contributed by atoms with van der Waals surface area (Å²) < 4.78 is 37.7. The molecule has 2 fully saturated rings. The highest BCUT2D eigenvalue weighted by atomic mass is 19.1. The van der Waals surface area contributed by atoms with E-state index in [0.29, 0.717) is 29.1 Å². The van der Waals surface area contributed by atoms with Crippen LogP contribution in [0.5, 0.6) is 0 Å². The molecule has 0 N–H and O–H groups in total. The van der Waals surface area contributed by atoms with E-state index in [9.17, 15) is 9.65 Å². The fourth-order valence-electron chi connectivity index (χ4n) is 5.46. The van der Waals surface area contributed by atoms with Crippen molar-refractivity contribution in [2.45, 2.75) is 12.5 Å². The number of rotatable bonds is 5. The molecule has 10 heteroatoms. The summed E-state index contributed by atoms with van der Waals surface area (Å²) in [6, 6.07) is 13.2. The largest absolute Gasteiger partial charge is 0.380 e. The molecule has 0 amide bonds. The Morgan fingerprint density at radius 2 is 1.77 bits per heavy atom. The number of benzene rings is 2. The third-order valence-electron chi connectivity index (χ3n) is 7.73. The SMILES string of the molecule is COC1CCN(c2ccc(-n3c(-c4ccc(C#N)c(F)c4)nc4c(N5CCN(C)CC5)ccnc43)c(F)c2)C1. The smallest absolute Gasteiger partial charge is 0.167 e. The average Bonchev–Trinajstić information content (AvgIpc) is 3.59. The average molecular weight is 530 g/mol. The molecular weight excluding hydrogens is 500 g/mol. The van der Waals surface area contributed by atoms with Crippen LogP contribution in [0.25, 0.3) is 28.2 Å². The molecular formula is C29H29F2N7O. The molecule has 0 bridgehead atoms. The summed E-state index contributed by atoms with van der Waals surface area (Å²) in [5, 5.41) is 9.22. The maximum absolute atomic E-state index is 15.9. The summed E-state index contributed by atoms with van der Waals surface area (Å²) in [5.41, 5.74) is 3.42. The Morgan fingerprint density at radius 3 is 2.46 bits per heavy atom. The molecule has 2 aromatic carbocycles. The first-order valence-corrected chi connectivity index (χ1v) is 13.1. The molecule has 2 aliphatic rings. The highest BCUT2D eigenvalue weighted by Gasteiger charge is 2.26. The van der Waals surface area contributed by atoms with Crippen LogP contribution in [0.15, 0.2) is 48.7 Å². The van der Waals surface area contributed by atoms with Gasteiger partial charge in [-0.15, -0.1) is 0 Å². The summed E-state index contributed by atoms with van der Waals surface area (Å²) >= 11 is 0. The highest BCUT2D eigenvalue weighted by molar-refractivity contribution is 5.90. The minimum Gasteiger partial charge on any atom is -0.380 e. The number of ether oxygens (including phenoxy) is 1. The molecule has 6 rings (SSSR count). The Bertz CT molecular complexity index is 1570. The van der Waals surface area contributed by atoms with Crippen molar-refractivity contribution in [1.29, 1.82) is 5.26 Å². The molecule has 39 heavy (non-hydrogen) atoms. The normalized spacial score (nSPS) is 18.2. The van der Waals surface area contributed by atoms with Gasteiger partial charge in [0.2, 0.25) is 0 Å². The second-order valence-electron chi connectivity index (χ2n) is 10.1. The van der Waals surface area contributed by atoms with Crippen LogP contribution < -0.4 is 9.80 Å². The minimum atomic E-state index is -0.654. The van der Waals surface area contributed by atoms with Crippen molar-refractivity contribution in [1.82, 2.24) is 19.4 Å². The van der Waals surface area contributed by atoms with E-state index in [0.717, 1.165) is 50.5 Å². The topological polar surface area (TPSA) is 73.5 Å². The molecule has 0 saturated carbocycles. The van der Waals surface area contributed by atoms with Crippen molar-refractivity contribution in [3.63, 3.8) is 0 Å². The summed E-state index contributed by atoms with van der Waals surface area (Å²) in [6.45, 7) is 4.96. The van der Waals surface area contributed by atoms with Gasteiger partial charge in [0.25, 0.3) is 0 Å². The first kappa shape index (κ1) is 25.2. The number of aromatic nitrogens is 3. The van der Waals surface area contributed by atoms with Crippen LogP contribution in [0.2, 0.25) is 0 Å². The Balaban J connectivity index is 1.50. The second-order valence-corrected chi connectivity index (χ2v) is 10.1. The lowest BCUT2D eigenvalue weighted by Crippen LogP contribution is -2.44. The van der Waals surface area contributed by atoms with Crippen LogP contribution in [0.1, 0.15) is 12.0 Å². The predicted octanol–water partition coefficient (Wildman–Crippen LogP) is 4.21. The lowest BCUT2D eigenvalue weighted by Gasteiger charge is -2.34. The molecule has 2 aromatic heterocycles. The van der Waals surface area contributed by atoms with Crippen molar-refractivity contribution in [2.75, 3.05) is 63.2 Å². The van der Waals surface area contributed by atoms with E-state index in [4.69, 9.17) is 9.72 Å². The van der Waals surface area contributed by atoms with Crippen molar-refractivity contribution in [3.05, 3.63) is 65.9 Å². The Morgan fingerprint density at radius 1 is 0.949 bits per heavy atom. The number of nitriles is 1. The molecule has 2 saturated heterocycles. The van der Waals surface area contributed by atoms with E-state index in [1.807, 2.05) is 18.2 Å². The third-order valence-corrected chi connectivity index (χ3v) is 7.73. The quantitative estimate of drug-likeness (QED) is 0.383. The van der Waals surface area contributed by atoms with E-state index in [2.05, 4.69) is 26.7 Å². The number of methoxy groups -OCH3 is 1. The number of anilines is 2. The number of piperazine rings is 1. The maximum Gasteiger partial charge on any atom is 0.167 e. The fourth-order valence-corrected chi connectivity index (χ4v) is 5.46. The maximum atomic E-state index is 15.9. The van der Waals surface area contributed by atoms with Gasteiger partial charge in [-0.25, -0.2) is 18.7 Å². The number of likely N-dealkylation sites (N-methyl/N-ethyl adjacent to an activating group) is 1. The van der Waals surface area contributed by atoms with Gasteiger partial charge in [-0.2, -0.15) is 5.26 Å². The zero-order valence-electron chi connectivity index (χ0n) is 21.9. The van der Waals surface area contributed by atoms with Crippen LogP contribution in [-0.4, -0.2) is 79.0 Å². The zero-order valence-corrected chi connectivity index (χ0v) is 21.9. The summed E-state index contributed by atoms with van der Waals surface area (Å²) in [6.07, 6.45) is 2.72. The Hall–Kier alpha value is -4.07.